The standard InChI is InChI=1S/C17H25NO3/c1-3-18(4-2)17(21)13-16(20)12-15(19)11-10-14-8-6-5-7-9-14/h5-11,15-16,19-20H,3-4,12-13H2,1-2H3/b11-10+. The summed E-state index contributed by atoms with van der Waals surface area (Å²) in [5, 5.41) is 19.8. The molecule has 0 fully saturated rings. The largest absolute Gasteiger partial charge is 0.392 e. The molecule has 0 heterocycles. The smallest absolute Gasteiger partial charge is 0.225 e. The maximum Gasteiger partial charge on any atom is 0.225 e. The lowest BCUT2D eigenvalue weighted by Gasteiger charge is -2.21. The first kappa shape index (κ1) is 17.4. The SMILES string of the molecule is CCN(CC)C(=O)CC(O)CC(O)/C=C/c1ccccc1. The van der Waals surface area contributed by atoms with Gasteiger partial charge >= 0.3 is 0 Å². The lowest BCUT2D eigenvalue weighted by molar-refractivity contribution is -0.133. The maximum atomic E-state index is 11.8. The average molecular weight is 291 g/mol. The Balaban J connectivity index is 2.42. The van der Waals surface area contributed by atoms with Gasteiger partial charge in [-0.1, -0.05) is 42.5 Å². The first-order chi connectivity index (χ1) is 10.1. The van der Waals surface area contributed by atoms with Gasteiger partial charge in [-0.25, -0.2) is 0 Å². The number of aliphatic hydroxyl groups excluding tert-OH is 2. The van der Waals surface area contributed by atoms with E-state index < -0.39 is 12.2 Å². The summed E-state index contributed by atoms with van der Waals surface area (Å²) in [5.41, 5.74) is 0.991. The Hall–Kier alpha value is -1.65. The van der Waals surface area contributed by atoms with Crippen molar-refractivity contribution >= 4 is 12.0 Å². The summed E-state index contributed by atoms with van der Waals surface area (Å²) in [5.74, 6) is -0.0771. The summed E-state index contributed by atoms with van der Waals surface area (Å²) in [4.78, 5) is 13.5. The third kappa shape index (κ3) is 6.56. The molecule has 21 heavy (non-hydrogen) atoms. The van der Waals surface area contributed by atoms with Crippen LogP contribution in [-0.2, 0) is 4.79 Å². The fourth-order valence-electron chi connectivity index (χ4n) is 2.13. The van der Waals surface area contributed by atoms with Crippen LogP contribution in [0.3, 0.4) is 0 Å². The number of carbonyl (C=O) groups is 1. The highest BCUT2D eigenvalue weighted by atomic mass is 16.3. The molecule has 0 radical (unpaired) electrons. The second kappa shape index (κ2) is 9.32. The zero-order chi connectivity index (χ0) is 15.7. The topological polar surface area (TPSA) is 60.8 Å². The Morgan fingerprint density at radius 3 is 2.38 bits per heavy atom. The van der Waals surface area contributed by atoms with Gasteiger partial charge in [-0.3, -0.25) is 4.79 Å². The molecule has 116 valence electrons. The van der Waals surface area contributed by atoms with E-state index in [2.05, 4.69) is 0 Å². The zero-order valence-corrected chi connectivity index (χ0v) is 12.8. The van der Waals surface area contributed by atoms with E-state index in [0.29, 0.717) is 13.1 Å². The van der Waals surface area contributed by atoms with Crippen LogP contribution in [0.15, 0.2) is 36.4 Å². The summed E-state index contributed by atoms with van der Waals surface area (Å²) in [6.07, 6.45) is 2.08. The highest BCUT2D eigenvalue weighted by molar-refractivity contribution is 5.76. The van der Waals surface area contributed by atoms with Crippen molar-refractivity contribution in [3.63, 3.8) is 0 Å². The lowest BCUT2D eigenvalue weighted by atomic mass is 10.1. The fourth-order valence-corrected chi connectivity index (χ4v) is 2.13. The number of hydrogen-bond acceptors (Lipinski definition) is 3. The molecule has 0 spiro atoms. The lowest BCUT2D eigenvalue weighted by Crippen LogP contribution is -2.33. The molecule has 1 aromatic rings. The molecule has 0 aromatic heterocycles. The molecule has 1 aromatic carbocycles. The minimum atomic E-state index is -0.825. The van der Waals surface area contributed by atoms with Gasteiger partial charge in [-0.05, 0) is 19.4 Å². The second-order valence-electron chi connectivity index (χ2n) is 5.00. The second-order valence-corrected chi connectivity index (χ2v) is 5.00. The van der Waals surface area contributed by atoms with Gasteiger partial charge in [-0.2, -0.15) is 0 Å². The number of aliphatic hydroxyl groups is 2. The van der Waals surface area contributed by atoms with Crippen LogP contribution in [0.4, 0.5) is 0 Å². The van der Waals surface area contributed by atoms with Crippen molar-refractivity contribution in [2.45, 2.75) is 38.9 Å². The predicted octanol–water partition coefficient (Wildman–Crippen LogP) is 2.07. The Kier molecular flexibility index (Phi) is 7.72. The molecule has 2 unspecified atom stereocenters. The molecule has 0 aliphatic heterocycles. The van der Waals surface area contributed by atoms with Crippen molar-refractivity contribution in [3.05, 3.63) is 42.0 Å². The van der Waals surface area contributed by atoms with E-state index in [0.717, 1.165) is 5.56 Å². The first-order valence-corrected chi connectivity index (χ1v) is 7.44. The molecule has 1 amide bonds. The van der Waals surface area contributed by atoms with Crippen LogP contribution in [0.5, 0.6) is 0 Å². The third-order valence-corrected chi connectivity index (χ3v) is 3.35. The normalized spacial score (nSPS) is 14.1. The Morgan fingerprint density at radius 2 is 1.81 bits per heavy atom. The van der Waals surface area contributed by atoms with Gasteiger partial charge in [0, 0.05) is 19.5 Å². The van der Waals surface area contributed by atoms with Gasteiger partial charge in [0.25, 0.3) is 0 Å². The summed E-state index contributed by atoms with van der Waals surface area (Å²) in [6.45, 7) is 5.09. The molecule has 1 rings (SSSR count). The molecule has 2 atom stereocenters. The van der Waals surface area contributed by atoms with Crippen molar-refractivity contribution in [1.82, 2.24) is 4.90 Å². The molecule has 0 aliphatic rings. The Labute approximate surface area is 126 Å². The van der Waals surface area contributed by atoms with Crippen LogP contribution >= 0.6 is 0 Å². The van der Waals surface area contributed by atoms with Crippen LogP contribution in [0.25, 0.3) is 6.08 Å². The number of hydrogen-bond donors (Lipinski definition) is 2. The molecule has 4 nitrogen and oxygen atoms in total. The molecule has 0 saturated heterocycles. The molecule has 0 saturated carbocycles. The Morgan fingerprint density at radius 1 is 1.19 bits per heavy atom. The third-order valence-electron chi connectivity index (χ3n) is 3.35. The van der Waals surface area contributed by atoms with E-state index in [4.69, 9.17) is 0 Å². The van der Waals surface area contributed by atoms with Gasteiger partial charge in [-0.15, -0.1) is 0 Å². The van der Waals surface area contributed by atoms with Gasteiger partial charge < -0.3 is 15.1 Å². The van der Waals surface area contributed by atoms with Crippen LogP contribution < -0.4 is 0 Å². The summed E-state index contributed by atoms with van der Waals surface area (Å²) < 4.78 is 0. The van der Waals surface area contributed by atoms with Crippen LogP contribution in [0, 0.1) is 0 Å². The molecular formula is C17H25NO3. The van der Waals surface area contributed by atoms with E-state index >= 15 is 0 Å². The molecule has 2 N–H and O–H groups in total. The summed E-state index contributed by atoms with van der Waals surface area (Å²) >= 11 is 0. The van der Waals surface area contributed by atoms with E-state index in [1.165, 1.54) is 0 Å². The minimum absolute atomic E-state index is 0.0535. The van der Waals surface area contributed by atoms with Crippen molar-refractivity contribution in [2.75, 3.05) is 13.1 Å². The van der Waals surface area contributed by atoms with E-state index in [9.17, 15) is 15.0 Å². The zero-order valence-electron chi connectivity index (χ0n) is 12.8. The first-order valence-electron chi connectivity index (χ1n) is 7.44. The van der Waals surface area contributed by atoms with Crippen LogP contribution in [0.1, 0.15) is 32.3 Å². The van der Waals surface area contributed by atoms with E-state index in [1.807, 2.05) is 50.3 Å². The summed E-state index contributed by atoms with van der Waals surface area (Å²) in [7, 11) is 0. The minimum Gasteiger partial charge on any atom is -0.392 e. The van der Waals surface area contributed by atoms with Crippen molar-refractivity contribution < 1.29 is 15.0 Å². The maximum absolute atomic E-state index is 11.8. The van der Waals surface area contributed by atoms with Crippen molar-refractivity contribution in [2.24, 2.45) is 0 Å². The predicted molar refractivity (Wildman–Crippen MR) is 84.7 cm³/mol. The molecule has 4 heteroatoms. The number of nitrogens with zero attached hydrogens (tertiary/aromatic N) is 1. The highest BCUT2D eigenvalue weighted by Gasteiger charge is 2.17. The number of carbonyl (C=O) groups excluding carboxylic acids is 1. The van der Waals surface area contributed by atoms with Gasteiger partial charge in [0.15, 0.2) is 0 Å². The van der Waals surface area contributed by atoms with Gasteiger partial charge in [0.2, 0.25) is 5.91 Å². The van der Waals surface area contributed by atoms with Crippen molar-refractivity contribution in [1.29, 1.82) is 0 Å². The Bertz CT molecular complexity index is 441. The molecule has 0 aliphatic carbocycles. The average Bonchev–Trinajstić information content (AvgIpc) is 2.47. The molecule has 0 bridgehead atoms. The number of benzene rings is 1. The number of rotatable bonds is 8. The molecular weight excluding hydrogens is 266 g/mol. The quantitative estimate of drug-likeness (QED) is 0.771. The van der Waals surface area contributed by atoms with Crippen molar-refractivity contribution in [3.8, 4) is 0 Å². The summed E-state index contributed by atoms with van der Waals surface area (Å²) in [6, 6.07) is 9.64. The van der Waals surface area contributed by atoms with E-state index in [1.54, 1.807) is 11.0 Å². The fraction of sp³-hybridized carbons (Fsp3) is 0.471. The van der Waals surface area contributed by atoms with Gasteiger partial charge in [0.05, 0.1) is 18.6 Å². The van der Waals surface area contributed by atoms with Crippen LogP contribution in [-0.4, -0.2) is 46.3 Å². The number of amides is 1. The monoisotopic (exact) mass is 291 g/mol. The highest BCUT2D eigenvalue weighted by Crippen LogP contribution is 2.09. The van der Waals surface area contributed by atoms with Gasteiger partial charge in [0.1, 0.15) is 0 Å². The van der Waals surface area contributed by atoms with E-state index in [-0.39, 0.29) is 18.7 Å². The van der Waals surface area contributed by atoms with Crippen LogP contribution in [0.2, 0.25) is 0 Å².